The molecule has 0 aliphatic carbocycles. The predicted octanol–water partition coefficient (Wildman–Crippen LogP) is 2.13. The van der Waals surface area contributed by atoms with E-state index < -0.39 is 5.54 Å². The van der Waals surface area contributed by atoms with Crippen LogP contribution in [0.5, 0.6) is 0 Å². The van der Waals surface area contributed by atoms with E-state index in [1.54, 1.807) is 6.08 Å². The normalized spacial score (nSPS) is 23.5. The monoisotopic (exact) mass is 266 g/mol. The zero-order chi connectivity index (χ0) is 11.1. The third-order valence-electron chi connectivity index (χ3n) is 2.58. The number of amides is 1. The third kappa shape index (κ3) is 1.50. The average Bonchev–Trinajstić information content (AvgIpc) is 2.39. The molecule has 1 heterocycles. The van der Waals surface area contributed by atoms with Crippen LogP contribution in [0.15, 0.2) is 35.3 Å². The molecule has 3 N–H and O–H groups in total. The predicted molar refractivity (Wildman–Crippen MR) is 63.5 cm³/mol. The van der Waals surface area contributed by atoms with Gasteiger partial charge in [-0.15, -0.1) is 6.58 Å². The van der Waals surface area contributed by atoms with Gasteiger partial charge in [0.25, 0.3) is 0 Å². The second kappa shape index (κ2) is 3.47. The van der Waals surface area contributed by atoms with Crippen molar-refractivity contribution < 1.29 is 4.79 Å². The van der Waals surface area contributed by atoms with Crippen LogP contribution in [0, 0.1) is 0 Å². The molecule has 0 radical (unpaired) electrons. The molecule has 3 nitrogen and oxygen atoms in total. The number of carbonyl (C=O) groups excluding carboxylic acids is 1. The number of nitrogens with one attached hydrogen (secondary N) is 1. The van der Waals surface area contributed by atoms with E-state index in [0.29, 0.717) is 6.42 Å². The summed E-state index contributed by atoms with van der Waals surface area (Å²) >= 11 is 3.35. The van der Waals surface area contributed by atoms with Crippen molar-refractivity contribution in [2.75, 3.05) is 5.32 Å². The van der Waals surface area contributed by atoms with E-state index >= 15 is 0 Å². The Labute approximate surface area is 96.5 Å². The van der Waals surface area contributed by atoms with E-state index in [1.165, 1.54) is 0 Å². The van der Waals surface area contributed by atoms with Crippen molar-refractivity contribution in [3.8, 4) is 0 Å². The van der Waals surface area contributed by atoms with Crippen LogP contribution in [-0.4, -0.2) is 5.91 Å². The summed E-state index contributed by atoms with van der Waals surface area (Å²) in [7, 11) is 0. The Morgan fingerprint density at radius 2 is 2.33 bits per heavy atom. The molecule has 2 rings (SSSR count). The maximum atomic E-state index is 11.8. The van der Waals surface area contributed by atoms with Crippen molar-refractivity contribution in [3.05, 3.63) is 40.9 Å². The lowest BCUT2D eigenvalue weighted by molar-refractivity contribution is -0.120. The maximum absolute atomic E-state index is 11.8. The van der Waals surface area contributed by atoms with Crippen LogP contribution >= 0.6 is 15.9 Å². The van der Waals surface area contributed by atoms with Crippen LogP contribution < -0.4 is 11.1 Å². The molecule has 1 aromatic rings. The SMILES string of the molecule is C=CC[C@@]1(N)C(=O)Nc2cc(Br)ccc21. The first-order valence-corrected chi connectivity index (χ1v) is 5.38. The van der Waals surface area contributed by atoms with Crippen molar-refractivity contribution in [1.29, 1.82) is 0 Å². The van der Waals surface area contributed by atoms with Gasteiger partial charge in [-0.1, -0.05) is 28.1 Å². The number of carbonyl (C=O) groups is 1. The molecular formula is C11H11BrN2O. The van der Waals surface area contributed by atoms with Crippen LogP contribution in [0.3, 0.4) is 0 Å². The Bertz CT molecular complexity index is 444. The number of rotatable bonds is 2. The molecule has 1 aliphatic heterocycles. The van der Waals surface area contributed by atoms with E-state index in [0.717, 1.165) is 15.7 Å². The van der Waals surface area contributed by atoms with Gasteiger partial charge < -0.3 is 11.1 Å². The summed E-state index contributed by atoms with van der Waals surface area (Å²) in [6.45, 7) is 3.63. The van der Waals surface area contributed by atoms with Gasteiger partial charge >= 0.3 is 0 Å². The number of fused-ring (bicyclic) bond motifs is 1. The van der Waals surface area contributed by atoms with Crippen LogP contribution in [0.4, 0.5) is 5.69 Å². The minimum Gasteiger partial charge on any atom is -0.324 e. The van der Waals surface area contributed by atoms with Gasteiger partial charge in [0, 0.05) is 15.7 Å². The average molecular weight is 267 g/mol. The van der Waals surface area contributed by atoms with Gasteiger partial charge in [0.05, 0.1) is 0 Å². The minimum atomic E-state index is -0.961. The van der Waals surface area contributed by atoms with Gasteiger partial charge in [-0.2, -0.15) is 0 Å². The fourth-order valence-electron chi connectivity index (χ4n) is 1.80. The molecule has 4 heteroatoms. The Hall–Kier alpha value is -1.13. The highest BCUT2D eigenvalue weighted by Crippen LogP contribution is 2.37. The van der Waals surface area contributed by atoms with Crippen molar-refractivity contribution in [2.45, 2.75) is 12.0 Å². The van der Waals surface area contributed by atoms with Crippen molar-refractivity contribution in [1.82, 2.24) is 0 Å². The van der Waals surface area contributed by atoms with Gasteiger partial charge in [-0.3, -0.25) is 4.79 Å². The molecule has 0 spiro atoms. The molecule has 1 amide bonds. The van der Waals surface area contributed by atoms with Gasteiger partial charge in [0.1, 0.15) is 5.54 Å². The Kier molecular flexibility index (Phi) is 2.40. The number of hydrogen-bond donors (Lipinski definition) is 2. The quantitative estimate of drug-likeness (QED) is 0.806. The van der Waals surface area contributed by atoms with E-state index in [4.69, 9.17) is 5.73 Å². The summed E-state index contributed by atoms with van der Waals surface area (Å²) in [6.07, 6.45) is 2.10. The van der Waals surface area contributed by atoms with Crippen LogP contribution in [-0.2, 0) is 10.3 Å². The van der Waals surface area contributed by atoms with Crippen molar-refractivity contribution in [2.24, 2.45) is 5.73 Å². The first kappa shape index (κ1) is 10.4. The van der Waals surface area contributed by atoms with E-state index in [1.807, 2.05) is 18.2 Å². The van der Waals surface area contributed by atoms with Crippen LogP contribution in [0.1, 0.15) is 12.0 Å². The molecule has 0 fully saturated rings. The largest absolute Gasteiger partial charge is 0.324 e. The second-order valence-corrected chi connectivity index (χ2v) is 4.52. The van der Waals surface area contributed by atoms with Gasteiger partial charge in [0.15, 0.2) is 0 Å². The summed E-state index contributed by atoms with van der Waals surface area (Å²) in [4.78, 5) is 11.8. The minimum absolute atomic E-state index is 0.171. The molecule has 1 aliphatic rings. The van der Waals surface area contributed by atoms with E-state index in [2.05, 4.69) is 27.8 Å². The molecule has 0 saturated carbocycles. The second-order valence-electron chi connectivity index (χ2n) is 3.61. The van der Waals surface area contributed by atoms with E-state index in [-0.39, 0.29) is 5.91 Å². The van der Waals surface area contributed by atoms with Gasteiger partial charge in [-0.05, 0) is 18.6 Å². The fourth-order valence-corrected chi connectivity index (χ4v) is 2.16. The zero-order valence-corrected chi connectivity index (χ0v) is 9.67. The van der Waals surface area contributed by atoms with Crippen molar-refractivity contribution >= 4 is 27.5 Å². The molecule has 1 atom stereocenters. The van der Waals surface area contributed by atoms with Crippen LogP contribution in [0.2, 0.25) is 0 Å². The fraction of sp³-hybridized carbons (Fsp3) is 0.182. The number of hydrogen-bond acceptors (Lipinski definition) is 2. The summed E-state index contributed by atoms with van der Waals surface area (Å²) in [5.74, 6) is -0.171. The number of anilines is 1. The smallest absolute Gasteiger partial charge is 0.249 e. The number of nitrogens with two attached hydrogens (primary N) is 1. The van der Waals surface area contributed by atoms with Crippen LogP contribution in [0.25, 0.3) is 0 Å². The first-order valence-electron chi connectivity index (χ1n) is 4.59. The van der Waals surface area contributed by atoms with Crippen molar-refractivity contribution in [3.63, 3.8) is 0 Å². The lowest BCUT2D eigenvalue weighted by Crippen LogP contribution is -2.42. The molecule has 1 aromatic carbocycles. The number of halogens is 1. The molecular weight excluding hydrogens is 256 g/mol. The molecule has 0 aromatic heterocycles. The lowest BCUT2D eigenvalue weighted by Gasteiger charge is -2.19. The molecule has 0 bridgehead atoms. The summed E-state index contributed by atoms with van der Waals surface area (Å²) in [5, 5.41) is 2.77. The highest BCUT2D eigenvalue weighted by atomic mass is 79.9. The lowest BCUT2D eigenvalue weighted by atomic mass is 9.89. The Morgan fingerprint density at radius 1 is 1.60 bits per heavy atom. The zero-order valence-electron chi connectivity index (χ0n) is 8.09. The molecule has 0 saturated heterocycles. The standard InChI is InChI=1S/C11H11BrN2O/c1-2-5-11(13)8-4-3-7(12)6-9(8)14-10(11)15/h2-4,6H,1,5,13H2,(H,14,15)/t11-/m0/s1. The molecule has 78 valence electrons. The highest BCUT2D eigenvalue weighted by Gasteiger charge is 2.42. The third-order valence-corrected chi connectivity index (χ3v) is 3.08. The molecule has 15 heavy (non-hydrogen) atoms. The molecule has 0 unspecified atom stereocenters. The highest BCUT2D eigenvalue weighted by molar-refractivity contribution is 9.10. The van der Waals surface area contributed by atoms with Gasteiger partial charge in [-0.25, -0.2) is 0 Å². The first-order chi connectivity index (χ1) is 7.08. The summed E-state index contributed by atoms with van der Waals surface area (Å²) < 4.78 is 0.921. The summed E-state index contributed by atoms with van der Waals surface area (Å²) in [5.41, 5.74) is 6.72. The Morgan fingerprint density at radius 3 is 3.00 bits per heavy atom. The number of benzene rings is 1. The summed E-state index contributed by atoms with van der Waals surface area (Å²) in [6, 6.07) is 5.59. The Balaban J connectivity index is 2.54. The topological polar surface area (TPSA) is 55.1 Å². The maximum Gasteiger partial charge on any atom is 0.249 e. The van der Waals surface area contributed by atoms with Gasteiger partial charge in [0.2, 0.25) is 5.91 Å². The van der Waals surface area contributed by atoms with E-state index in [9.17, 15) is 4.79 Å².